The third-order valence-electron chi connectivity index (χ3n) is 6.78. The van der Waals surface area contributed by atoms with Gasteiger partial charge in [-0.25, -0.2) is 0 Å². The van der Waals surface area contributed by atoms with Crippen LogP contribution in [0.25, 0.3) is 11.1 Å². The first-order valence-corrected chi connectivity index (χ1v) is 12.1. The van der Waals surface area contributed by atoms with E-state index in [4.69, 9.17) is 18.9 Å². The Kier molecular flexibility index (Phi) is 8.00. The van der Waals surface area contributed by atoms with Crippen LogP contribution < -0.4 is 35.0 Å². The summed E-state index contributed by atoms with van der Waals surface area (Å²) >= 11 is 0. The molecule has 0 amide bonds. The van der Waals surface area contributed by atoms with Gasteiger partial charge in [0.1, 0.15) is 5.75 Å². The lowest BCUT2D eigenvalue weighted by molar-refractivity contribution is 0.324. The molecule has 3 aromatic rings. The molecule has 7 heteroatoms. The van der Waals surface area contributed by atoms with Crippen LogP contribution in [0.1, 0.15) is 29.2 Å². The van der Waals surface area contributed by atoms with Gasteiger partial charge in [-0.3, -0.25) is 4.79 Å². The van der Waals surface area contributed by atoms with E-state index in [9.17, 15) is 4.79 Å². The zero-order valence-electron chi connectivity index (χ0n) is 21.6. The van der Waals surface area contributed by atoms with Gasteiger partial charge in [0.15, 0.2) is 11.5 Å². The molecule has 0 spiro atoms. The largest absolute Gasteiger partial charge is 0.497 e. The summed E-state index contributed by atoms with van der Waals surface area (Å²) in [6.07, 6.45) is 2.42. The monoisotopic (exact) mass is 490 g/mol. The molecule has 0 fully saturated rings. The molecule has 1 atom stereocenters. The maximum Gasteiger partial charge on any atom is 0.203 e. The van der Waals surface area contributed by atoms with Crippen LogP contribution in [0, 0.1) is 0 Å². The van der Waals surface area contributed by atoms with Gasteiger partial charge in [-0.1, -0.05) is 18.2 Å². The van der Waals surface area contributed by atoms with Gasteiger partial charge in [0.2, 0.25) is 11.2 Å². The Balaban J connectivity index is 1.74. The number of hydrogen-bond acceptors (Lipinski definition) is 7. The van der Waals surface area contributed by atoms with Crippen LogP contribution in [-0.2, 0) is 12.8 Å². The van der Waals surface area contributed by atoms with E-state index in [0.29, 0.717) is 29.5 Å². The number of methoxy groups -OCH3 is 4. The minimum Gasteiger partial charge on any atom is -0.497 e. The van der Waals surface area contributed by atoms with E-state index >= 15 is 0 Å². The van der Waals surface area contributed by atoms with Crippen molar-refractivity contribution in [3.63, 3.8) is 0 Å². The van der Waals surface area contributed by atoms with Gasteiger partial charge in [0.25, 0.3) is 0 Å². The standard InChI is InChI=1S/C29H34N2O5/c1-30-23-12-8-19-16-26(34-3)28(35-4)29(36-5)27(19)21-11-13-24(25(32)17-22(21)23)31-15-14-18-6-9-20(33-2)10-7-18/h6-7,9-11,13,16-17,23,30H,8,12,14-15H2,1-5H3,(H,31,32). The lowest BCUT2D eigenvalue weighted by Gasteiger charge is -2.19. The molecule has 0 radical (unpaired) electrons. The Morgan fingerprint density at radius 1 is 0.889 bits per heavy atom. The van der Waals surface area contributed by atoms with Crippen molar-refractivity contribution in [3.05, 3.63) is 75.4 Å². The number of fused-ring (bicyclic) bond motifs is 3. The van der Waals surface area contributed by atoms with E-state index in [-0.39, 0.29) is 11.5 Å². The van der Waals surface area contributed by atoms with Crippen molar-refractivity contribution in [1.82, 2.24) is 5.32 Å². The van der Waals surface area contributed by atoms with E-state index < -0.39 is 0 Å². The predicted octanol–water partition coefficient (Wildman–Crippen LogP) is 4.61. The maximum atomic E-state index is 13.3. The fourth-order valence-electron chi connectivity index (χ4n) is 4.89. The Labute approximate surface area is 212 Å². The third kappa shape index (κ3) is 4.97. The van der Waals surface area contributed by atoms with Crippen LogP contribution in [0.15, 0.2) is 53.3 Å². The Bertz CT molecular complexity index is 1270. The quantitative estimate of drug-likeness (QED) is 0.454. The first-order valence-electron chi connectivity index (χ1n) is 12.1. The van der Waals surface area contributed by atoms with Gasteiger partial charge in [0.05, 0.1) is 34.1 Å². The molecular weight excluding hydrogens is 456 g/mol. The van der Waals surface area contributed by atoms with Crippen LogP contribution in [0.2, 0.25) is 0 Å². The molecule has 0 aliphatic heterocycles. The fourth-order valence-corrected chi connectivity index (χ4v) is 4.89. The second-order valence-electron chi connectivity index (χ2n) is 8.71. The highest BCUT2D eigenvalue weighted by Gasteiger charge is 2.28. The first kappa shape index (κ1) is 25.4. The molecule has 4 rings (SSSR count). The van der Waals surface area contributed by atoms with E-state index in [0.717, 1.165) is 47.3 Å². The summed E-state index contributed by atoms with van der Waals surface area (Å²) < 4.78 is 22.3. The summed E-state index contributed by atoms with van der Waals surface area (Å²) in [5.41, 5.74) is 5.59. The topological polar surface area (TPSA) is 78.1 Å². The van der Waals surface area contributed by atoms with Crippen molar-refractivity contribution in [2.24, 2.45) is 0 Å². The number of aryl methyl sites for hydroxylation is 1. The summed E-state index contributed by atoms with van der Waals surface area (Å²) in [6.45, 7) is 0.636. The maximum absolute atomic E-state index is 13.3. The average Bonchev–Trinajstić information content (AvgIpc) is 3.15. The van der Waals surface area contributed by atoms with Crippen LogP contribution in [0.5, 0.6) is 23.0 Å². The molecule has 0 saturated heterocycles. The molecule has 1 aliphatic rings. The molecule has 0 bridgehead atoms. The van der Waals surface area contributed by atoms with Gasteiger partial charge in [-0.05, 0) is 78.9 Å². The highest BCUT2D eigenvalue weighted by atomic mass is 16.5. The molecule has 0 saturated carbocycles. The van der Waals surface area contributed by atoms with Crippen LogP contribution in [0.3, 0.4) is 0 Å². The average molecular weight is 491 g/mol. The molecular formula is C29H34N2O5. The highest BCUT2D eigenvalue weighted by molar-refractivity contribution is 5.83. The number of ether oxygens (including phenoxy) is 4. The SMILES string of the molecule is CNC1CCc2cc(OC)c(OC)c(OC)c2-c2ccc(NCCc3ccc(OC)cc3)c(=O)cc21. The molecule has 3 aromatic carbocycles. The van der Waals surface area contributed by atoms with Crippen molar-refractivity contribution in [1.29, 1.82) is 0 Å². The van der Waals surface area contributed by atoms with E-state index in [1.165, 1.54) is 5.56 Å². The van der Waals surface area contributed by atoms with Gasteiger partial charge < -0.3 is 29.6 Å². The van der Waals surface area contributed by atoms with Gasteiger partial charge in [0, 0.05) is 18.2 Å². The first-order chi connectivity index (χ1) is 17.5. The number of benzene rings is 2. The van der Waals surface area contributed by atoms with Crippen molar-refractivity contribution in [2.75, 3.05) is 47.3 Å². The summed E-state index contributed by atoms with van der Waals surface area (Å²) in [5.74, 6) is 2.61. The molecule has 190 valence electrons. The van der Waals surface area contributed by atoms with Crippen LogP contribution in [-0.4, -0.2) is 42.0 Å². The van der Waals surface area contributed by atoms with Crippen molar-refractivity contribution in [2.45, 2.75) is 25.3 Å². The molecule has 1 unspecified atom stereocenters. The lowest BCUT2D eigenvalue weighted by atomic mass is 9.95. The van der Waals surface area contributed by atoms with E-state index in [1.54, 1.807) is 34.5 Å². The number of rotatable bonds is 9. The summed E-state index contributed by atoms with van der Waals surface area (Å²) in [6, 6.07) is 15.6. The molecule has 0 heterocycles. The zero-order chi connectivity index (χ0) is 25.7. The molecule has 0 aromatic heterocycles. The lowest BCUT2D eigenvalue weighted by Crippen LogP contribution is -2.18. The predicted molar refractivity (Wildman–Crippen MR) is 143 cm³/mol. The summed E-state index contributed by atoms with van der Waals surface area (Å²) in [7, 11) is 8.44. The third-order valence-corrected chi connectivity index (χ3v) is 6.78. The Morgan fingerprint density at radius 3 is 2.28 bits per heavy atom. The molecule has 36 heavy (non-hydrogen) atoms. The van der Waals surface area contributed by atoms with Crippen LogP contribution in [0.4, 0.5) is 5.69 Å². The van der Waals surface area contributed by atoms with Crippen molar-refractivity contribution >= 4 is 5.69 Å². The van der Waals surface area contributed by atoms with Crippen molar-refractivity contribution in [3.8, 4) is 34.1 Å². The zero-order valence-corrected chi connectivity index (χ0v) is 21.6. The van der Waals surface area contributed by atoms with Crippen molar-refractivity contribution < 1.29 is 18.9 Å². The molecule has 2 N–H and O–H groups in total. The molecule has 1 aliphatic carbocycles. The normalized spacial score (nSPS) is 14.2. The minimum absolute atomic E-state index is 0.0151. The van der Waals surface area contributed by atoms with Gasteiger partial charge in [-0.2, -0.15) is 0 Å². The second kappa shape index (κ2) is 11.4. The van der Waals surface area contributed by atoms with Gasteiger partial charge >= 0.3 is 0 Å². The number of anilines is 1. The van der Waals surface area contributed by atoms with E-state index in [1.807, 2.05) is 49.5 Å². The van der Waals surface area contributed by atoms with Gasteiger partial charge in [-0.15, -0.1) is 0 Å². The smallest absolute Gasteiger partial charge is 0.203 e. The molecule has 7 nitrogen and oxygen atoms in total. The Hall–Kier alpha value is -3.71. The number of hydrogen-bond donors (Lipinski definition) is 2. The Morgan fingerprint density at radius 2 is 1.64 bits per heavy atom. The van der Waals surface area contributed by atoms with Crippen LogP contribution >= 0.6 is 0 Å². The highest BCUT2D eigenvalue weighted by Crippen LogP contribution is 2.50. The minimum atomic E-state index is -0.0471. The summed E-state index contributed by atoms with van der Waals surface area (Å²) in [4.78, 5) is 13.3. The summed E-state index contributed by atoms with van der Waals surface area (Å²) in [5, 5.41) is 6.73. The second-order valence-corrected chi connectivity index (χ2v) is 8.71. The number of nitrogens with one attached hydrogen (secondary N) is 2. The fraction of sp³-hybridized carbons (Fsp3) is 0.345. The van der Waals surface area contributed by atoms with E-state index in [2.05, 4.69) is 10.6 Å².